The van der Waals surface area contributed by atoms with Gasteiger partial charge in [-0.25, -0.2) is 0 Å². The van der Waals surface area contributed by atoms with Crippen LogP contribution < -0.4 is 5.73 Å². The number of methoxy groups -OCH3 is 2. The maximum absolute atomic E-state index is 5.96. The molecule has 0 fully saturated rings. The molecule has 0 saturated heterocycles. The highest BCUT2D eigenvalue weighted by Crippen LogP contribution is 2.21. The number of nitrogens with zero attached hydrogens (tertiary/aromatic N) is 2. The van der Waals surface area contributed by atoms with Gasteiger partial charge in [-0.05, 0) is 18.6 Å². The maximum Gasteiger partial charge on any atom is 0.0615 e. The topological polar surface area (TPSA) is 60.6 Å². The van der Waals surface area contributed by atoms with Crippen molar-refractivity contribution in [2.45, 2.75) is 19.0 Å². The molecule has 0 aliphatic carbocycles. The van der Waals surface area contributed by atoms with Crippen molar-refractivity contribution in [1.82, 2.24) is 9.88 Å². The Kier molecular flexibility index (Phi) is 7.59. The summed E-state index contributed by atoms with van der Waals surface area (Å²) in [4.78, 5) is 6.49. The summed E-state index contributed by atoms with van der Waals surface area (Å²) in [6.07, 6.45) is 3.64. The monoisotopic (exact) mass is 267 g/mol. The van der Waals surface area contributed by atoms with Gasteiger partial charge in [-0.15, -0.1) is 0 Å². The van der Waals surface area contributed by atoms with E-state index in [1.807, 2.05) is 12.3 Å². The average Bonchev–Trinajstić information content (AvgIpc) is 2.44. The van der Waals surface area contributed by atoms with Gasteiger partial charge >= 0.3 is 0 Å². The van der Waals surface area contributed by atoms with Crippen molar-refractivity contribution in [1.29, 1.82) is 0 Å². The molecule has 0 saturated carbocycles. The number of nitrogens with two attached hydrogens (primary N) is 1. The lowest BCUT2D eigenvalue weighted by molar-refractivity contribution is 0.0486. The van der Waals surface area contributed by atoms with E-state index in [-0.39, 0.29) is 12.1 Å². The van der Waals surface area contributed by atoms with Crippen molar-refractivity contribution in [3.8, 4) is 0 Å². The predicted octanol–water partition coefficient (Wildman–Crippen LogP) is 1.06. The summed E-state index contributed by atoms with van der Waals surface area (Å²) in [5.41, 5.74) is 7.09. The van der Waals surface area contributed by atoms with Crippen molar-refractivity contribution in [2.24, 2.45) is 5.73 Å². The number of hydrogen-bond acceptors (Lipinski definition) is 5. The Morgan fingerprint density at radius 3 is 2.68 bits per heavy atom. The van der Waals surface area contributed by atoms with Crippen LogP contribution in [0, 0.1) is 0 Å². The second kappa shape index (κ2) is 8.98. The van der Waals surface area contributed by atoms with E-state index < -0.39 is 0 Å². The summed E-state index contributed by atoms with van der Waals surface area (Å²) in [5.74, 6) is 0. The maximum atomic E-state index is 5.96. The van der Waals surface area contributed by atoms with Gasteiger partial charge in [-0.1, -0.05) is 6.07 Å². The van der Waals surface area contributed by atoms with Crippen molar-refractivity contribution >= 4 is 0 Å². The lowest BCUT2D eigenvalue weighted by Crippen LogP contribution is -2.44. The fraction of sp³-hybridized carbons (Fsp3) is 0.643. The van der Waals surface area contributed by atoms with Crippen LogP contribution in [0.25, 0.3) is 0 Å². The molecule has 19 heavy (non-hydrogen) atoms. The van der Waals surface area contributed by atoms with Crippen LogP contribution in [0.2, 0.25) is 0 Å². The summed E-state index contributed by atoms with van der Waals surface area (Å²) in [6.45, 7) is 4.84. The van der Waals surface area contributed by atoms with Gasteiger partial charge in [0.2, 0.25) is 0 Å². The molecule has 0 amide bonds. The minimum Gasteiger partial charge on any atom is -0.383 e. The predicted molar refractivity (Wildman–Crippen MR) is 76.0 cm³/mol. The van der Waals surface area contributed by atoms with E-state index in [0.29, 0.717) is 19.8 Å². The minimum absolute atomic E-state index is 0.133. The molecule has 1 heterocycles. The summed E-state index contributed by atoms with van der Waals surface area (Å²) in [5, 5.41) is 0. The van der Waals surface area contributed by atoms with Crippen molar-refractivity contribution in [2.75, 3.05) is 40.5 Å². The minimum atomic E-state index is 0.133. The molecule has 5 nitrogen and oxygen atoms in total. The first-order valence-corrected chi connectivity index (χ1v) is 6.58. The van der Waals surface area contributed by atoms with Gasteiger partial charge < -0.3 is 15.2 Å². The molecule has 0 radical (unpaired) electrons. The van der Waals surface area contributed by atoms with Crippen LogP contribution in [0.4, 0.5) is 0 Å². The van der Waals surface area contributed by atoms with Crippen LogP contribution in [0.3, 0.4) is 0 Å². The zero-order chi connectivity index (χ0) is 14.1. The molecular weight excluding hydrogens is 242 g/mol. The Bertz CT molecular complexity index is 335. The molecule has 1 aromatic rings. The first-order chi connectivity index (χ1) is 9.24. The second-order valence-corrected chi connectivity index (χ2v) is 4.57. The average molecular weight is 267 g/mol. The Balaban J connectivity index is 2.85. The lowest BCUT2D eigenvalue weighted by Gasteiger charge is -2.35. The van der Waals surface area contributed by atoms with Crippen molar-refractivity contribution < 1.29 is 9.47 Å². The third kappa shape index (κ3) is 4.87. The Morgan fingerprint density at radius 1 is 1.37 bits per heavy atom. The van der Waals surface area contributed by atoms with E-state index in [1.165, 1.54) is 0 Å². The van der Waals surface area contributed by atoms with E-state index in [1.54, 1.807) is 20.4 Å². The van der Waals surface area contributed by atoms with Crippen molar-refractivity contribution in [3.05, 3.63) is 30.1 Å². The fourth-order valence-corrected chi connectivity index (χ4v) is 2.25. The second-order valence-electron chi connectivity index (χ2n) is 4.57. The summed E-state index contributed by atoms with van der Waals surface area (Å²) in [6, 6.07) is 4.40. The normalized spacial score (nSPS) is 14.6. The van der Waals surface area contributed by atoms with E-state index >= 15 is 0 Å². The molecule has 0 spiro atoms. The number of rotatable bonds is 9. The van der Waals surface area contributed by atoms with Gasteiger partial charge in [0.05, 0.1) is 13.2 Å². The molecule has 0 bridgehead atoms. The smallest absolute Gasteiger partial charge is 0.0615 e. The molecule has 2 atom stereocenters. The van der Waals surface area contributed by atoms with E-state index in [4.69, 9.17) is 15.2 Å². The SMILES string of the molecule is COCCN(C(C)COC)C(CN)c1cccnc1. The molecule has 1 aromatic heterocycles. The molecule has 0 aromatic carbocycles. The number of pyridine rings is 1. The Labute approximate surface area is 115 Å². The van der Waals surface area contributed by atoms with Crippen LogP contribution in [0.5, 0.6) is 0 Å². The standard InChI is InChI=1S/C14H25N3O2/c1-12(11-19-3)17(7-8-18-2)14(9-15)13-5-4-6-16-10-13/h4-6,10,12,14H,7-9,11,15H2,1-3H3. The zero-order valence-corrected chi connectivity index (χ0v) is 12.1. The summed E-state index contributed by atoms with van der Waals surface area (Å²) >= 11 is 0. The quantitative estimate of drug-likeness (QED) is 0.725. The molecule has 1 rings (SSSR count). The van der Waals surface area contributed by atoms with Crippen molar-refractivity contribution in [3.63, 3.8) is 0 Å². The van der Waals surface area contributed by atoms with Gasteiger partial charge in [0.1, 0.15) is 0 Å². The van der Waals surface area contributed by atoms with Gasteiger partial charge in [-0.2, -0.15) is 0 Å². The summed E-state index contributed by atoms with van der Waals surface area (Å²) < 4.78 is 10.4. The molecule has 2 N–H and O–H groups in total. The Morgan fingerprint density at radius 2 is 2.16 bits per heavy atom. The van der Waals surface area contributed by atoms with Gasteiger partial charge in [0, 0.05) is 51.8 Å². The zero-order valence-electron chi connectivity index (χ0n) is 12.1. The highest BCUT2D eigenvalue weighted by molar-refractivity contribution is 5.15. The van der Waals surface area contributed by atoms with Crippen LogP contribution in [-0.4, -0.2) is 56.4 Å². The molecule has 5 heteroatoms. The number of aromatic nitrogens is 1. The highest BCUT2D eigenvalue weighted by Gasteiger charge is 2.23. The molecule has 0 aliphatic heterocycles. The third-order valence-corrected chi connectivity index (χ3v) is 3.22. The number of hydrogen-bond donors (Lipinski definition) is 1. The van der Waals surface area contributed by atoms with Gasteiger partial charge in [0.15, 0.2) is 0 Å². The largest absolute Gasteiger partial charge is 0.383 e. The van der Waals surface area contributed by atoms with Crippen LogP contribution in [0.1, 0.15) is 18.5 Å². The lowest BCUT2D eigenvalue weighted by atomic mass is 10.1. The van der Waals surface area contributed by atoms with E-state index in [9.17, 15) is 0 Å². The Hall–Kier alpha value is -1.01. The fourth-order valence-electron chi connectivity index (χ4n) is 2.25. The van der Waals surface area contributed by atoms with Crippen LogP contribution in [-0.2, 0) is 9.47 Å². The molecule has 108 valence electrons. The van der Waals surface area contributed by atoms with E-state index in [2.05, 4.69) is 22.9 Å². The summed E-state index contributed by atoms with van der Waals surface area (Å²) in [7, 11) is 3.42. The van der Waals surface area contributed by atoms with E-state index in [0.717, 1.165) is 12.1 Å². The third-order valence-electron chi connectivity index (χ3n) is 3.22. The highest BCUT2D eigenvalue weighted by atomic mass is 16.5. The molecular formula is C14H25N3O2. The van der Waals surface area contributed by atoms with Gasteiger partial charge in [0.25, 0.3) is 0 Å². The number of ether oxygens (including phenoxy) is 2. The first-order valence-electron chi connectivity index (χ1n) is 6.58. The first kappa shape index (κ1) is 16.0. The van der Waals surface area contributed by atoms with Crippen LogP contribution >= 0.6 is 0 Å². The molecule has 0 aliphatic rings. The van der Waals surface area contributed by atoms with Gasteiger partial charge in [-0.3, -0.25) is 9.88 Å². The van der Waals surface area contributed by atoms with Crippen LogP contribution in [0.15, 0.2) is 24.5 Å². The molecule has 2 unspecified atom stereocenters.